The lowest BCUT2D eigenvalue weighted by Crippen LogP contribution is -2.19. The molecule has 0 aliphatic carbocycles. The molecule has 0 radical (unpaired) electrons. The molecule has 74 heavy (non-hydrogen) atoms. The van der Waals surface area contributed by atoms with E-state index in [1.54, 1.807) is 72.8 Å². The Morgan fingerprint density at radius 1 is 0.514 bits per heavy atom. The molecule has 0 fully saturated rings. The summed E-state index contributed by atoms with van der Waals surface area (Å²) in [6, 6.07) is 46.1. The summed E-state index contributed by atoms with van der Waals surface area (Å²) in [4.78, 5) is 33.8. The summed E-state index contributed by atoms with van der Waals surface area (Å²) in [5.41, 5.74) is 0.496. The van der Waals surface area contributed by atoms with Crippen LogP contribution in [-0.4, -0.2) is 35.6 Å². The molecule has 0 N–H and O–H groups in total. The van der Waals surface area contributed by atoms with Gasteiger partial charge in [-0.25, -0.2) is 16.8 Å². The van der Waals surface area contributed by atoms with Gasteiger partial charge in [-0.05, 0) is 111 Å². The molecule has 5 aromatic carbocycles. The fourth-order valence-corrected chi connectivity index (χ4v) is 9.74. The quantitative estimate of drug-likeness (QED) is 0.117. The van der Waals surface area contributed by atoms with Gasteiger partial charge in [0.15, 0.2) is 0 Å². The molecule has 0 unspecified atom stereocenters. The molecule has 0 spiro atoms. The summed E-state index contributed by atoms with van der Waals surface area (Å²) in [7, 11) is -8.43. The number of sulfone groups is 2. The molecule has 20 heteroatoms. The first kappa shape index (κ1) is 53.7. The fraction of sp³-hybridized carbons (Fsp3) is 0.0370. The minimum Gasteiger partial charge on any atom is -0.437 e. The molecule has 9 rings (SSSR count). The molecule has 0 aliphatic heterocycles. The van der Waals surface area contributed by atoms with Gasteiger partial charge < -0.3 is 9.47 Å². The number of rotatable bonds is 10. The predicted molar refractivity (Wildman–Crippen MR) is 286 cm³/mol. The third kappa shape index (κ3) is 12.6. The lowest BCUT2D eigenvalue weighted by molar-refractivity contribution is 0.461. The average Bonchev–Trinajstić information content (AvgIpc) is 3.39. The van der Waals surface area contributed by atoms with Crippen LogP contribution >= 0.6 is 46.4 Å². The molecule has 0 bridgehead atoms. The maximum atomic E-state index is 13.3. The van der Waals surface area contributed by atoms with E-state index in [1.807, 2.05) is 50.2 Å². The van der Waals surface area contributed by atoms with Crippen molar-refractivity contribution >= 4 is 89.5 Å². The van der Waals surface area contributed by atoms with Crippen LogP contribution in [0.3, 0.4) is 0 Å². The first-order valence-corrected chi connectivity index (χ1v) is 26.0. The van der Waals surface area contributed by atoms with Gasteiger partial charge in [0.25, 0.3) is 11.1 Å². The van der Waals surface area contributed by atoms with Crippen LogP contribution < -0.4 is 20.6 Å². The van der Waals surface area contributed by atoms with Crippen molar-refractivity contribution < 1.29 is 26.3 Å². The smallest absolute Gasteiger partial charge is 0.269 e. The topological polar surface area (TPSA) is 203 Å². The van der Waals surface area contributed by atoms with Crippen molar-refractivity contribution in [2.45, 2.75) is 23.6 Å². The number of ether oxygens (including phenoxy) is 2. The van der Waals surface area contributed by atoms with Crippen molar-refractivity contribution in [3.8, 4) is 35.4 Å². The van der Waals surface area contributed by atoms with Gasteiger partial charge in [-0.1, -0.05) is 130 Å². The van der Waals surface area contributed by atoms with E-state index in [0.717, 1.165) is 23.3 Å². The molecular weight excluding hydrogens is 1070 g/mol. The number of hydrogen-bond acceptors (Lipinski definition) is 12. The molecule has 14 nitrogen and oxygen atoms in total. The molecule has 0 saturated heterocycles. The zero-order valence-corrected chi connectivity index (χ0v) is 43.3. The Morgan fingerprint density at radius 2 is 0.865 bits per heavy atom. The van der Waals surface area contributed by atoms with Crippen molar-refractivity contribution in [2.75, 3.05) is 0 Å². The largest absolute Gasteiger partial charge is 0.437 e. The molecule has 9 aromatic rings. The van der Waals surface area contributed by atoms with Gasteiger partial charge in [0.2, 0.25) is 31.4 Å². The van der Waals surface area contributed by atoms with E-state index < -0.39 is 40.6 Å². The third-order valence-electron chi connectivity index (χ3n) is 10.3. The Morgan fingerprint density at radius 3 is 1.19 bits per heavy atom. The molecule has 0 atom stereocenters. The molecule has 0 saturated carbocycles. The highest BCUT2D eigenvalue weighted by atomic mass is 35.5. The van der Waals surface area contributed by atoms with Gasteiger partial charge in [-0.3, -0.25) is 18.4 Å². The van der Waals surface area contributed by atoms with E-state index in [2.05, 4.69) is 9.97 Å². The number of aryl methyl sites for hydroxylation is 2. The molecular formula is C54H36Cl4N6O8S2. The number of allylic oxidation sites excluding steroid dienone is 2. The average molecular weight is 1100 g/mol. The summed E-state index contributed by atoms with van der Waals surface area (Å²) in [6.07, 6.45) is 4.87. The molecule has 0 amide bonds. The Balaban J connectivity index is 0.000000194. The van der Waals surface area contributed by atoms with Gasteiger partial charge >= 0.3 is 0 Å². The van der Waals surface area contributed by atoms with Gasteiger partial charge in [-0.15, -0.1) is 0 Å². The van der Waals surface area contributed by atoms with Crippen LogP contribution in [0.5, 0.6) is 23.3 Å². The number of benzene rings is 5. The minimum atomic E-state index is -4.21. The van der Waals surface area contributed by atoms with Crippen molar-refractivity contribution in [1.29, 1.82) is 10.5 Å². The second-order valence-corrected chi connectivity index (χ2v) is 21.0. The number of halogens is 4. The lowest BCUT2D eigenvalue weighted by Gasteiger charge is -2.11. The monoisotopic (exact) mass is 1100 g/mol. The molecule has 0 aliphatic rings. The van der Waals surface area contributed by atoms with Crippen LogP contribution in [0.1, 0.15) is 22.3 Å². The zero-order valence-electron chi connectivity index (χ0n) is 38.6. The predicted octanol–water partition coefficient (Wildman–Crippen LogP) is 12.6. The number of aromatic nitrogens is 4. The van der Waals surface area contributed by atoms with E-state index in [1.165, 1.54) is 81.9 Å². The lowest BCUT2D eigenvalue weighted by atomic mass is 10.2. The Labute approximate surface area is 444 Å². The number of pyridine rings is 2. The Kier molecular flexibility index (Phi) is 17.2. The summed E-state index contributed by atoms with van der Waals surface area (Å²) >= 11 is 24.3. The van der Waals surface area contributed by atoms with Crippen molar-refractivity contribution in [2.24, 2.45) is 0 Å². The third-order valence-corrected chi connectivity index (χ3v) is 14.8. The first-order chi connectivity index (χ1) is 35.4. The fourth-order valence-electron chi connectivity index (χ4n) is 6.57. The van der Waals surface area contributed by atoms with Crippen LogP contribution in [0.4, 0.5) is 0 Å². The summed E-state index contributed by atoms with van der Waals surface area (Å²) in [5, 5.41) is 20.5. The minimum absolute atomic E-state index is 0.0806. The van der Waals surface area contributed by atoms with E-state index >= 15 is 0 Å². The maximum absolute atomic E-state index is 13.3. The summed E-state index contributed by atoms with van der Waals surface area (Å²) < 4.78 is 66.5. The number of fused-ring (bicyclic) bond motifs is 2. The van der Waals surface area contributed by atoms with Crippen molar-refractivity contribution in [3.63, 3.8) is 0 Å². The highest BCUT2D eigenvalue weighted by Crippen LogP contribution is 2.35. The number of nitriles is 2. The van der Waals surface area contributed by atoms with E-state index in [9.17, 15) is 36.9 Å². The van der Waals surface area contributed by atoms with Gasteiger partial charge in [0.1, 0.15) is 55.9 Å². The Bertz CT molecular complexity index is 3810. The number of hydrogen-bond donors (Lipinski definition) is 0. The second kappa shape index (κ2) is 23.7. The second-order valence-electron chi connectivity index (χ2n) is 15.5. The Hall–Kier alpha value is -8.06. The summed E-state index contributed by atoms with van der Waals surface area (Å²) in [5.74, 6) is -0.139. The highest BCUT2D eigenvalue weighted by Gasteiger charge is 2.26. The first-order valence-electron chi connectivity index (χ1n) is 21.6. The van der Waals surface area contributed by atoms with Gasteiger partial charge in [-0.2, -0.15) is 20.5 Å². The highest BCUT2D eigenvalue weighted by molar-refractivity contribution is 7.96. The van der Waals surface area contributed by atoms with Crippen LogP contribution in [0.15, 0.2) is 199 Å². The van der Waals surface area contributed by atoms with E-state index in [-0.39, 0.29) is 65.5 Å². The van der Waals surface area contributed by atoms with Crippen LogP contribution in [0.2, 0.25) is 20.1 Å². The zero-order chi connectivity index (χ0) is 53.2. The van der Waals surface area contributed by atoms with Crippen LogP contribution in [-0.2, 0) is 19.7 Å². The SMILES string of the molecule is Cc1ccc(S(=O)(=O)/C(C#N)=C/c2c(Oc3ccc(Cl)cc3Cl)nc3ccccn3c2=O)cc1.Cc1ccc(S(=O)(=O)/C(C#N)=C/c2c(Oc3ccc(Cl)cc3Cl)nc3ccccn3c2=O)cc1.c1ccccc1. The van der Waals surface area contributed by atoms with E-state index in [0.29, 0.717) is 10.0 Å². The van der Waals surface area contributed by atoms with Gasteiger partial charge in [0.05, 0.1) is 19.8 Å². The molecule has 4 heterocycles. The van der Waals surface area contributed by atoms with Crippen molar-refractivity contribution in [1.82, 2.24) is 18.8 Å². The normalized spacial score (nSPS) is 11.6. The molecule has 4 aromatic heterocycles. The van der Waals surface area contributed by atoms with E-state index in [4.69, 9.17) is 55.9 Å². The maximum Gasteiger partial charge on any atom is 0.269 e. The van der Waals surface area contributed by atoms with Crippen molar-refractivity contribution in [3.05, 3.63) is 243 Å². The standard InChI is InChI=1S/2C24H15Cl2N3O4S.C6H6/c2*1-15-5-8-17(9-6-15)34(31,32)18(14-27)13-19-23(33-21-10-7-16(25)12-20(21)26)28-22-4-2-3-11-29(22)24(19)30;1-2-4-6-5-3-1/h2*2-13H,1H3;1-6H/b2*18-13+;. The van der Waals surface area contributed by atoms with Crippen LogP contribution in [0, 0.1) is 36.5 Å². The molecule has 370 valence electrons. The van der Waals surface area contributed by atoms with Crippen LogP contribution in [0.25, 0.3) is 23.4 Å². The summed E-state index contributed by atoms with van der Waals surface area (Å²) in [6.45, 7) is 3.62. The van der Waals surface area contributed by atoms with Gasteiger partial charge in [0, 0.05) is 22.4 Å². The number of nitrogens with zero attached hydrogens (tertiary/aromatic N) is 6.